The summed E-state index contributed by atoms with van der Waals surface area (Å²) in [4.78, 5) is 1.88. The Hall–Kier alpha value is -1.39. The van der Waals surface area contributed by atoms with E-state index in [1.165, 1.54) is 12.1 Å². The quantitative estimate of drug-likeness (QED) is 0.753. The average molecular weight is 244 g/mol. The van der Waals surface area contributed by atoms with Gasteiger partial charge in [-0.15, -0.1) is 0 Å². The van der Waals surface area contributed by atoms with Gasteiger partial charge >= 0.3 is 6.18 Å². The second kappa shape index (κ2) is 3.55. The number of likely N-dealkylation sites (N-methyl/N-ethyl adjacent to an activating group) is 1. The predicted molar refractivity (Wildman–Crippen MR) is 62.4 cm³/mol. The van der Waals surface area contributed by atoms with Crippen LogP contribution in [0.5, 0.6) is 0 Å². The highest BCUT2D eigenvalue weighted by molar-refractivity contribution is 5.74. The molecule has 17 heavy (non-hydrogen) atoms. The number of benzene rings is 1. The van der Waals surface area contributed by atoms with Gasteiger partial charge in [-0.05, 0) is 32.0 Å². The summed E-state index contributed by atoms with van der Waals surface area (Å²) in [6, 6.07) is 3.80. The third-order valence-electron chi connectivity index (χ3n) is 3.31. The largest absolute Gasteiger partial charge is 0.416 e. The van der Waals surface area contributed by atoms with Crippen LogP contribution in [0.4, 0.5) is 24.5 Å². The van der Waals surface area contributed by atoms with Gasteiger partial charge in [0.05, 0.1) is 22.5 Å². The number of anilines is 2. The summed E-state index contributed by atoms with van der Waals surface area (Å²) in [6.07, 6.45) is -4.29. The van der Waals surface area contributed by atoms with Gasteiger partial charge in [-0.25, -0.2) is 0 Å². The Morgan fingerprint density at radius 2 is 1.94 bits per heavy atom. The molecule has 0 aromatic heterocycles. The van der Waals surface area contributed by atoms with Crippen LogP contribution >= 0.6 is 0 Å². The van der Waals surface area contributed by atoms with Crippen molar-refractivity contribution in [1.29, 1.82) is 0 Å². The van der Waals surface area contributed by atoms with Crippen molar-refractivity contribution in [2.75, 3.05) is 23.8 Å². The Kier molecular flexibility index (Phi) is 2.52. The second-order valence-corrected chi connectivity index (χ2v) is 4.95. The van der Waals surface area contributed by atoms with Gasteiger partial charge in [0.15, 0.2) is 0 Å². The van der Waals surface area contributed by atoms with Crippen LogP contribution in [0.3, 0.4) is 0 Å². The molecule has 1 N–H and O–H groups in total. The Bertz CT molecular complexity index is 438. The van der Waals surface area contributed by atoms with Crippen molar-refractivity contribution in [2.45, 2.75) is 25.6 Å². The van der Waals surface area contributed by atoms with E-state index in [9.17, 15) is 13.2 Å². The number of nitrogens with one attached hydrogen (secondary N) is 1. The van der Waals surface area contributed by atoms with Crippen LogP contribution in [0.15, 0.2) is 18.2 Å². The predicted octanol–water partition coefficient (Wildman–Crippen LogP) is 3.35. The van der Waals surface area contributed by atoms with Crippen LogP contribution < -0.4 is 10.2 Å². The lowest BCUT2D eigenvalue weighted by atomic mass is 9.97. The molecule has 0 unspecified atom stereocenters. The Labute approximate surface area is 98.4 Å². The molecule has 0 aliphatic carbocycles. The topological polar surface area (TPSA) is 15.3 Å². The molecular weight excluding hydrogens is 229 g/mol. The highest BCUT2D eigenvalue weighted by Gasteiger charge is 2.35. The van der Waals surface area contributed by atoms with E-state index < -0.39 is 11.7 Å². The maximum Gasteiger partial charge on any atom is 0.416 e. The van der Waals surface area contributed by atoms with Crippen LogP contribution in [-0.4, -0.2) is 19.1 Å². The number of hydrogen-bond donors (Lipinski definition) is 1. The molecule has 0 atom stereocenters. The number of nitrogens with zero attached hydrogens (tertiary/aromatic N) is 1. The van der Waals surface area contributed by atoms with E-state index in [2.05, 4.69) is 5.32 Å². The number of hydrogen-bond acceptors (Lipinski definition) is 2. The van der Waals surface area contributed by atoms with E-state index in [1.54, 1.807) is 0 Å². The lowest BCUT2D eigenvalue weighted by Crippen LogP contribution is -2.50. The molecule has 1 aliphatic rings. The molecule has 0 amide bonds. The molecule has 94 valence electrons. The smallest absolute Gasteiger partial charge is 0.381 e. The number of halogens is 3. The van der Waals surface area contributed by atoms with Gasteiger partial charge in [-0.3, -0.25) is 0 Å². The van der Waals surface area contributed by atoms with Gasteiger partial charge in [0.2, 0.25) is 0 Å². The molecular formula is C12H15F3N2. The van der Waals surface area contributed by atoms with Crippen molar-refractivity contribution in [3.8, 4) is 0 Å². The van der Waals surface area contributed by atoms with E-state index in [1.807, 2.05) is 25.8 Å². The minimum atomic E-state index is -4.29. The van der Waals surface area contributed by atoms with Gasteiger partial charge in [-0.2, -0.15) is 13.2 Å². The van der Waals surface area contributed by atoms with Gasteiger partial charge in [0.25, 0.3) is 0 Å². The van der Waals surface area contributed by atoms with Crippen LogP contribution in [0, 0.1) is 0 Å². The first-order valence-corrected chi connectivity index (χ1v) is 5.41. The molecule has 2 rings (SSSR count). The normalized spacial score (nSPS) is 18.6. The molecule has 0 bridgehead atoms. The zero-order chi connectivity index (χ0) is 12.8. The second-order valence-electron chi connectivity index (χ2n) is 4.95. The van der Waals surface area contributed by atoms with Crippen molar-refractivity contribution in [1.82, 2.24) is 0 Å². The van der Waals surface area contributed by atoms with E-state index in [0.29, 0.717) is 12.2 Å². The van der Waals surface area contributed by atoms with Crippen molar-refractivity contribution in [3.05, 3.63) is 23.8 Å². The molecule has 1 aromatic carbocycles. The highest BCUT2D eigenvalue weighted by atomic mass is 19.4. The number of fused-ring (bicyclic) bond motifs is 1. The van der Waals surface area contributed by atoms with Gasteiger partial charge in [0, 0.05) is 13.6 Å². The lowest BCUT2D eigenvalue weighted by Gasteiger charge is -2.43. The zero-order valence-corrected chi connectivity index (χ0v) is 10.0. The maximum atomic E-state index is 12.6. The number of alkyl halides is 3. The van der Waals surface area contributed by atoms with Gasteiger partial charge in [0.1, 0.15) is 0 Å². The van der Waals surface area contributed by atoms with Gasteiger partial charge in [-0.1, -0.05) is 0 Å². The van der Waals surface area contributed by atoms with E-state index in [-0.39, 0.29) is 5.54 Å². The molecule has 2 nitrogen and oxygen atoms in total. The van der Waals surface area contributed by atoms with E-state index in [0.717, 1.165) is 11.8 Å². The maximum absolute atomic E-state index is 12.6. The third kappa shape index (κ3) is 2.06. The summed E-state index contributed by atoms with van der Waals surface area (Å²) in [7, 11) is 1.82. The molecule has 1 aromatic rings. The SMILES string of the molecule is CN1c2cc(C(F)(F)F)ccc2NCC1(C)C. The molecule has 1 heterocycles. The Morgan fingerprint density at radius 1 is 1.29 bits per heavy atom. The summed E-state index contributed by atoms with van der Waals surface area (Å²) in [5, 5.41) is 3.15. The van der Waals surface area contributed by atoms with Crippen molar-refractivity contribution in [3.63, 3.8) is 0 Å². The van der Waals surface area contributed by atoms with E-state index >= 15 is 0 Å². The molecule has 0 saturated carbocycles. The fraction of sp³-hybridized carbons (Fsp3) is 0.500. The fourth-order valence-electron chi connectivity index (χ4n) is 1.89. The molecule has 0 spiro atoms. The Balaban J connectivity index is 2.48. The summed E-state index contributed by atoms with van der Waals surface area (Å²) < 4.78 is 37.9. The summed E-state index contributed by atoms with van der Waals surface area (Å²) in [5.41, 5.74) is 0.538. The monoisotopic (exact) mass is 244 g/mol. The van der Waals surface area contributed by atoms with Gasteiger partial charge < -0.3 is 10.2 Å². The lowest BCUT2D eigenvalue weighted by molar-refractivity contribution is -0.137. The van der Waals surface area contributed by atoms with Crippen LogP contribution in [0.1, 0.15) is 19.4 Å². The standard InChI is InChI=1S/C12H15F3N2/c1-11(2)7-16-9-5-4-8(12(13,14)15)6-10(9)17(11)3/h4-6,16H,7H2,1-3H3. The summed E-state index contributed by atoms with van der Waals surface area (Å²) >= 11 is 0. The minimum Gasteiger partial charge on any atom is -0.381 e. The Morgan fingerprint density at radius 3 is 2.53 bits per heavy atom. The first-order valence-electron chi connectivity index (χ1n) is 5.41. The number of rotatable bonds is 0. The third-order valence-corrected chi connectivity index (χ3v) is 3.31. The summed E-state index contributed by atoms with van der Waals surface area (Å²) in [5.74, 6) is 0. The fourth-order valence-corrected chi connectivity index (χ4v) is 1.89. The molecule has 0 fully saturated rings. The molecule has 0 saturated heterocycles. The van der Waals surface area contributed by atoms with E-state index in [4.69, 9.17) is 0 Å². The first-order chi connectivity index (χ1) is 7.72. The van der Waals surface area contributed by atoms with Crippen molar-refractivity contribution in [2.24, 2.45) is 0 Å². The zero-order valence-electron chi connectivity index (χ0n) is 10.0. The highest BCUT2D eigenvalue weighted by Crippen LogP contribution is 2.39. The average Bonchev–Trinajstić information content (AvgIpc) is 2.22. The van der Waals surface area contributed by atoms with Crippen molar-refractivity contribution < 1.29 is 13.2 Å². The van der Waals surface area contributed by atoms with Crippen LogP contribution in [0.25, 0.3) is 0 Å². The molecule has 1 aliphatic heterocycles. The van der Waals surface area contributed by atoms with Crippen LogP contribution in [0.2, 0.25) is 0 Å². The first kappa shape index (κ1) is 12.1. The summed E-state index contributed by atoms with van der Waals surface area (Å²) in [6.45, 7) is 4.69. The molecule has 0 radical (unpaired) electrons. The molecule has 5 heteroatoms. The van der Waals surface area contributed by atoms with Crippen LogP contribution in [-0.2, 0) is 6.18 Å². The minimum absolute atomic E-state index is 0.197. The van der Waals surface area contributed by atoms with Crippen molar-refractivity contribution >= 4 is 11.4 Å².